The van der Waals surface area contributed by atoms with Gasteiger partial charge in [0.2, 0.25) is 5.91 Å². The fourth-order valence-electron chi connectivity index (χ4n) is 2.24. The molecule has 0 aliphatic rings. The van der Waals surface area contributed by atoms with Gasteiger partial charge in [0.05, 0.1) is 17.5 Å². The van der Waals surface area contributed by atoms with Gasteiger partial charge in [-0.25, -0.2) is 9.36 Å². The van der Waals surface area contributed by atoms with Gasteiger partial charge in [-0.1, -0.05) is 6.07 Å². The van der Waals surface area contributed by atoms with Crippen molar-refractivity contribution in [3.63, 3.8) is 0 Å². The quantitative estimate of drug-likeness (QED) is 0.731. The molecule has 102 valence electrons. The Labute approximate surface area is 118 Å². The maximum absolute atomic E-state index is 12.4. The van der Waals surface area contributed by atoms with Crippen LogP contribution >= 0.6 is 11.3 Å². The van der Waals surface area contributed by atoms with E-state index in [1.807, 2.05) is 17.5 Å². The van der Waals surface area contributed by atoms with Gasteiger partial charge in [0.15, 0.2) is 0 Å². The van der Waals surface area contributed by atoms with E-state index in [0.717, 1.165) is 4.88 Å². The second-order valence-electron chi connectivity index (χ2n) is 4.58. The Kier molecular flexibility index (Phi) is 2.94. The minimum Gasteiger partial charge on any atom is -0.399 e. The zero-order valence-corrected chi connectivity index (χ0v) is 11.7. The van der Waals surface area contributed by atoms with E-state index in [1.165, 1.54) is 20.5 Å². The fraction of sp³-hybridized carbons (Fsp3) is 0.143. The van der Waals surface area contributed by atoms with Crippen molar-refractivity contribution in [2.75, 3.05) is 5.73 Å². The molecule has 0 unspecified atom stereocenters. The van der Waals surface area contributed by atoms with E-state index in [9.17, 15) is 9.59 Å². The normalized spacial score (nSPS) is 11.1. The van der Waals surface area contributed by atoms with Crippen LogP contribution in [0.4, 0.5) is 5.69 Å². The number of nitrogen functional groups attached to an aromatic ring is 1. The number of nitrogens with zero attached hydrogens (tertiary/aromatic N) is 2. The summed E-state index contributed by atoms with van der Waals surface area (Å²) in [7, 11) is 1.65. The highest BCUT2D eigenvalue weighted by atomic mass is 32.1. The predicted molar refractivity (Wildman–Crippen MR) is 80.2 cm³/mol. The SMILES string of the molecule is Cn1c(=O)n(C(=O)Cc2cccs2)c2cc(N)ccc21. The molecule has 3 aromatic rings. The number of carbonyl (C=O) groups is 1. The average molecular weight is 287 g/mol. The summed E-state index contributed by atoms with van der Waals surface area (Å²) in [5, 5.41) is 1.91. The van der Waals surface area contributed by atoms with E-state index in [-0.39, 0.29) is 18.0 Å². The number of anilines is 1. The van der Waals surface area contributed by atoms with Crippen LogP contribution in [0.5, 0.6) is 0 Å². The summed E-state index contributed by atoms with van der Waals surface area (Å²) >= 11 is 1.50. The Hall–Kier alpha value is -2.34. The van der Waals surface area contributed by atoms with Crippen molar-refractivity contribution in [1.29, 1.82) is 0 Å². The Morgan fingerprint density at radius 1 is 1.30 bits per heavy atom. The van der Waals surface area contributed by atoms with Crippen LogP contribution in [0, 0.1) is 0 Å². The molecule has 0 fully saturated rings. The van der Waals surface area contributed by atoms with Crippen LogP contribution in [-0.4, -0.2) is 15.0 Å². The number of aryl methyl sites for hydroxylation is 1. The highest BCUT2D eigenvalue weighted by molar-refractivity contribution is 7.10. The summed E-state index contributed by atoms with van der Waals surface area (Å²) < 4.78 is 2.66. The van der Waals surface area contributed by atoms with Gasteiger partial charge in [0.25, 0.3) is 0 Å². The molecule has 0 saturated heterocycles. The van der Waals surface area contributed by atoms with Gasteiger partial charge in [-0.05, 0) is 29.6 Å². The minimum absolute atomic E-state index is 0.214. The molecule has 0 aliphatic carbocycles. The van der Waals surface area contributed by atoms with E-state index in [1.54, 1.807) is 25.2 Å². The maximum atomic E-state index is 12.4. The van der Waals surface area contributed by atoms with Gasteiger partial charge in [-0.15, -0.1) is 11.3 Å². The summed E-state index contributed by atoms with van der Waals surface area (Å²) in [4.78, 5) is 25.6. The molecule has 0 bridgehead atoms. The predicted octanol–water partition coefficient (Wildman–Crippen LogP) is 1.87. The first-order valence-corrected chi connectivity index (χ1v) is 6.98. The second-order valence-corrected chi connectivity index (χ2v) is 5.61. The van der Waals surface area contributed by atoms with Gasteiger partial charge in [0, 0.05) is 17.6 Å². The number of hydrogen-bond acceptors (Lipinski definition) is 4. The highest BCUT2D eigenvalue weighted by Gasteiger charge is 2.17. The Balaban J connectivity index is 2.15. The van der Waals surface area contributed by atoms with Crippen molar-refractivity contribution in [2.24, 2.45) is 7.05 Å². The van der Waals surface area contributed by atoms with E-state index in [4.69, 9.17) is 5.73 Å². The van der Waals surface area contributed by atoms with Gasteiger partial charge in [0.1, 0.15) is 0 Å². The summed E-state index contributed by atoms with van der Waals surface area (Å²) in [5.41, 5.74) is 7.19. The smallest absolute Gasteiger partial charge is 0.335 e. The average Bonchev–Trinajstić information content (AvgIpc) is 2.98. The lowest BCUT2D eigenvalue weighted by Gasteiger charge is -2.01. The zero-order valence-electron chi connectivity index (χ0n) is 10.9. The van der Waals surface area contributed by atoms with Crippen molar-refractivity contribution in [2.45, 2.75) is 6.42 Å². The minimum atomic E-state index is -0.341. The highest BCUT2D eigenvalue weighted by Crippen LogP contribution is 2.17. The molecule has 0 radical (unpaired) electrons. The van der Waals surface area contributed by atoms with Gasteiger partial charge >= 0.3 is 5.69 Å². The zero-order chi connectivity index (χ0) is 14.3. The van der Waals surface area contributed by atoms with Crippen LogP contribution in [0.25, 0.3) is 11.0 Å². The molecule has 5 nitrogen and oxygen atoms in total. The van der Waals surface area contributed by atoms with Crippen LogP contribution in [0.3, 0.4) is 0 Å². The van der Waals surface area contributed by atoms with E-state index in [0.29, 0.717) is 16.7 Å². The first kappa shape index (κ1) is 12.7. The van der Waals surface area contributed by atoms with Crippen LogP contribution in [-0.2, 0) is 13.5 Å². The molecule has 2 N–H and O–H groups in total. The lowest BCUT2D eigenvalue weighted by Crippen LogP contribution is -2.28. The monoisotopic (exact) mass is 287 g/mol. The summed E-state index contributed by atoms with van der Waals surface area (Å²) in [6.07, 6.45) is 0.214. The topological polar surface area (TPSA) is 70.0 Å². The molecule has 2 aromatic heterocycles. The molecule has 6 heteroatoms. The number of thiophene rings is 1. The third-order valence-electron chi connectivity index (χ3n) is 3.23. The van der Waals surface area contributed by atoms with Crippen LogP contribution in [0.2, 0.25) is 0 Å². The Morgan fingerprint density at radius 2 is 2.10 bits per heavy atom. The summed E-state index contributed by atoms with van der Waals surface area (Å²) in [6.45, 7) is 0. The fourth-order valence-corrected chi connectivity index (χ4v) is 2.94. The Bertz CT molecular complexity index is 843. The molecule has 2 heterocycles. The van der Waals surface area contributed by atoms with Crippen LogP contribution in [0.1, 0.15) is 9.67 Å². The molecule has 1 aromatic carbocycles. The van der Waals surface area contributed by atoms with Crippen molar-refractivity contribution in [1.82, 2.24) is 9.13 Å². The molecule has 0 saturated carbocycles. The van der Waals surface area contributed by atoms with Crippen LogP contribution < -0.4 is 11.4 Å². The molecule has 20 heavy (non-hydrogen) atoms. The lowest BCUT2D eigenvalue weighted by molar-refractivity contribution is 0.0915. The lowest BCUT2D eigenvalue weighted by atomic mass is 10.2. The van der Waals surface area contributed by atoms with Gasteiger partial charge in [-0.2, -0.15) is 0 Å². The first-order chi connectivity index (χ1) is 9.58. The summed E-state index contributed by atoms with van der Waals surface area (Å²) in [6, 6.07) is 8.89. The van der Waals surface area contributed by atoms with Gasteiger partial charge < -0.3 is 5.73 Å². The number of hydrogen-bond donors (Lipinski definition) is 1. The third kappa shape index (κ3) is 1.94. The number of rotatable bonds is 2. The standard InChI is InChI=1S/C14H13N3O2S/c1-16-11-5-4-9(15)7-12(11)17(14(16)19)13(18)8-10-3-2-6-20-10/h2-7H,8,15H2,1H3. The molecular formula is C14H13N3O2S. The molecule has 0 amide bonds. The largest absolute Gasteiger partial charge is 0.399 e. The van der Waals surface area contributed by atoms with Crippen molar-refractivity contribution >= 4 is 34.0 Å². The van der Waals surface area contributed by atoms with Gasteiger partial charge in [-0.3, -0.25) is 9.36 Å². The Morgan fingerprint density at radius 3 is 2.80 bits per heavy atom. The molecule has 0 spiro atoms. The number of aromatic nitrogens is 2. The van der Waals surface area contributed by atoms with Crippen LogP contribution in [0.15, 0.2) is 40.5 Å². The van der Waals surface area contributed by atoms with Crippen molar-refractivity contribution < 1.29 is 4.79 Å². The second kappa shape index (κ2) is 4.64. The first-order valence-electron chi connectivity index (χ1n) is 6.10. The molecule has 0 atom stereocenters. The third-order valence-corrected chi connectivity index (χ3v) is 4.11. The summed E-state index contributed by atoms with van der Waals surface area (Å²) in [5.74, 6) is -0.242. The maximum Gasteiger partial charge on any atom is 0.335 e. The number of carbonyl (C=O) groups excluding carboxylic acids is 1. The number of benzene rings is 1. The van der Waals surface area contributed by atoms with Crippen molar-refractivity contribution in [3.05, 3.63) is 51.1 Å². The van der Waals surface area contributed by atoms with Crippen molar-refractivity contribution in [3.8, 4) is 0 Å². The number of fused-ring (bicyclic) bond motifs is 1. The molecule has 3 rings (SSSR count). The molecular weight excluding hydrogens is 274 g/mol. The number of nitrogens with two attached hydrogens (primary N) is 1. The molecule has 0 aliphatic heterocycles. The number of imidazole rings is 1. The van der Waals surface area contributed by atoms with E-state index >= 15 is 0 Å². The van der Waals surface area contributed by atoms with E-state index in [2.05, 4.69) is 0 Å². The van der Waals surface area contributed by atoms with E-state index < -0.39 is 0 Å².